The number of carbonyl (C=O) groups is 2. The summed E-state index contributed by atoms with van der Waals surface area (Å²) < 4.78 is 17.7. The summed E-state index contributed by atoms with van der Waals surface area (Å²) in [5, 5.41) is 24.0. The monoisotopic (exact) mass is 589 g/mol. The second-order valence-corrected chi connectivity index (χ2v) is 10.3. The van der Waals surface area contributed by atoms with Gasteiger partial charge in [-0.05, 0) is 37.3 Å². The minimum atomic E-state index is -0.393. The Hall–Kier alpha value is -3.88. The van der Waals surface area contributed by atoms with Crippen molar-refractivity contribution in [1.82, 2.24) is 30.3 Å². The van der Waals surface area contributed by atoms with Crippen molar-refractivity contribution in [2.75, 3.05) is 32.4 Å². The molecule has 204 valence electrons. The second kappa shape index (κ2) is 12.8. The summed E-state index contributed by atoms with van der Waals surface area (Å²) in [6.45, 7) is 1.84. The van der Waals surface area contributed by atoms with E-state index < -0.39 is 5.91 Å². The van der Waals surface area contributed by atoms with Crippen LogP contribution in [0.15, 0.2) is 41.6 Å². The van der Waals surface area contributed by atoms with Gasteiger partial charge in [0.2, 0.25) is 16.8 Å². The van der Waals surface area contributed by atoms with Crippen molar-refractivity contribution in [2.24, 2.45) is 0 Å². The second-order valence-electron chi connectivity index (χ2n) is 7.77. The van der Waals surface area contributed by atoms with Gasteiger partial charge < -0.3 is 19.5 Å². The molecule has 2 aromatic heterocycles. The third-order valence-electron chi connectivity index (χ3n) is 5.21. The molecule has 2 aromatic carbocycles. The van der Waals surface area contributed by atoms with Crippen LogP contribution >= 0.6 is 34.7 Å². The number of carbonyl (C=O) groups excluding carboxylic acids is 2. The Kier molecular flexibility index (Phi) is 9.22. The standard InChI is InChI=1S/C24H24ClN7O5S2/c1-13-28-30-23(39-13)27-20(33)12-38-24-31-29-19(32(24)16-7-5-6-15(25)10-16)11-26-22(34)14-8-17(35-2)21(37-4)18(9-14)36-3/h5-10H,11-12H2,1-4H3,(H,26,34)(H,27,30,33). The molecule has 0 radical (unpaired) electrons. The number of benzene rings is 2. The van der Waals surface area contributed by atoms with Gasteiger partial charge in [0.05, 0.1) is 39.3 Å². The highest BCUT2D eigenvalue weighted by Gasteiger charge is 2.20. The molecule has 0 saturated carbocycles. The first-order valence-electron chi connectivity index (χ1n) is 11.3. The third-order valence-corrected chi connectivity index (χ3v) is 7.12. The van der Waals surface area contributed by atoms with Crippen LogP contribution in [0.2, 0.25) is 5.02 Å². The SMILES string of the molecule is COc1cc(C(=O)NCc2nnc(SCC(=O)Nc3nnc(C)s3)n2-c2cccc(Cl)c2)cc(OC)c1OC. The van der Waals surface area contributed by atoms with Crippen molar-refractivity contribution in [3.8, 4) is 22.9 Å². The van der Waals surface area contributed by atoms with Gasteiger partial charge in [-0.2, -0.15) is 0 Å². The van der Waals surface area contributed by atoms with E-state index in [2.05, 4.69) is 31.0 Å². The highest BCUT2D eigenvalue weighted by atomic mass is 35.5. The van der Waals surface area contributed by atoms with Crippen LogP contribution in [0.3, 0.4) is 0 Å². The van der Waals surface area contributed by atoms with E-state index in [9.17, 15) is 9.59 Å². The van der Waals surface area contributed by atoms with Gasteiger partial charge in [-0.3, -0.25) is 19.5 Å². The number of ether oxygens (including phenoxy) is 3. The number of halogens is 1. The van der Waals surface area contributed by atoms with E-state index in [1.807, 2.05) is 6.07 Å². The molecule has 0 aliphatic rings. The number of nitrogens with one attached hydrogen (secondary N) is 2. The molecule has 12 nitrogen and oxygen atoms in total. The number of methoxy groups -OCH3 is 3. The van der Waals surface area contributed by atoms with Gasteiger partial charge in [-0.25, -0.2) is 0 Å². The summed E-state index contributed by atoms with van der Waals surface area (Å²) in [7, 11) is 4.43. The molecule has 2 N–H and O–H groups in total. The van der Waals surface area contributed by atoms with Crippen LogP contribution in [0, 0.1) is 6.92 Å². The van der Waals surface area contributed by atoms with Crippen molar-refractivity contribution in [1.29, 1.82) is 0 Å². The first-order chi connectivity index (χ1) is 18.8. The molecule has 2 amide bonds. The summed E-state index contributed by atoms with van der Waals surface area (Å²) in [6.07, 6.45) is 0. The van der Waals surface area contributed by atoms with Crippen LogP contribution in [-0.4, -0.2) is 63.9 Å². The molecule has 0 fully saturated rings. The topological polar surface area (TPSA) is 142 Å². The summed E-state index contributed by atoms with van der Waals surface area (Å²) in [4.78, 5) is 25.5. The molecule has 0 saturated heterocycles. The Labute approximate surface area is 237 Å². The molecule has 2 heterocycles. The molecular formula is C24H24ClN7O5S2. The van der Waals surface area contributed by atoms with Crippen LogP contribution in [0.4, 0.5) is 5.13 Å². The van der Waals surface area contributed by atoms with Crippen LogP contribution in [-0.2, 0) is 11.3 Å². The summed E-state index contributed by atoms with van der Waals surface area (Å²) in [5.41, 5.74) is 0.976. The van der Waals surface area contributed by atoms with Gasteiger partial charge in [0.15, 0.2) is 22.5 Å². The van der Waals surface area contributed by atoms with Crippen molar-refractivity contribution < 1.29 is 23.8 Å². The molecular weight excluding hydrogens is 566 g/mol. The third kappa shape index (κ3) is 6.77. The zero-order valence-electron chi connectivity index (χ0n) is 21.4. The maximum atomic E-state index is 13.0. The maximum absolute atomic E-state index is 13.0. The fourth-order valence-electron chi connectivity index (χ4n) is 3.49. The van der Waals surface area contributed by atoms with Crippen LogP contribution in [0.25, 0.3) is 5.69 Å². The molecule has 0 unspecified atom stereocenters. The average molecular weight is 590 g/mol. The van der Waals surface area contributed by atoms with Crippen LogP contribution in [0.1, 0.15) is 21.2 Å². The van der Waals surface area contributed by atoms with E-state index in [-0.39, 0.29) is 18.2 Å². The van der Waals surface area contributed by atoms with Gasteiger partial charge in [0, 0.05) is 10.6 Å². The number of hydrogen-bond donors (Lipinski definition) is 2. The van der Waals surface area contributed by atoms with E-state index in [1.165, 1.54) is 44.4 Å². The number of amides is 2. The Morgan fingerprint density at radius 2 is 1.77 bits per heavy atom. The predicted octanol–water partition coefficient (Wildman–Crippen LogP) is 3.77. The smallest absolute Gasteiger partial charge is 0.251 e. The molecule has 39 heavy (non-hydrogen) atoms. The first kappa shape index (κ1) is 28.1. The number of aryl methyl sites for hydroxylation is 1. The zero-order chi connectivity index (χ0) is 27.9. The van der Waals surface area contributed by atoms with Gasteiger partial charge in [0.25, 0.3) is 5.91 Å². The fraction of sp³-hybridized carbons (Fsp3) is 0.250. The molecule has 15 heteroatoms. The van der Waals surface area contributed by atoms with E-state index in [0.29, 0.717) is 49.6 Å². The van der Waals surface area contributed by atoms with Crippen molar-refractivity contribution in [3.05, 3.63) is 57.8 Å². The Balaban J connectivity index is 1.54. The Morgan fingerprint density at radius 1 is 1.03 bits per heavy atom. The maximum Gasteiger partial charge on any atom is 0.251 e. The summed E-state index contributed by atoms with van der Waals surface area (Å²) >= 11 is 8.70. The number of hydrogen-bond acceptors (Lipinski definition) is 11. The predicted molar refractivity (Wildman–Crippen MR) is 148 cm³/mol. The lowest BCUT2D eigenvalue weighted by atomic mass is 10.1. The fourth-order valence-corrected chi connectivity index (χ4v) is 5.05. The number of thioether (sulfide) groups is 1. The van der Waals surface area contributed by atoms with Gasteiger partial charge in [0.1, 0.15) is 5.01 Å². The van der Waals surface area contributed by atoms with E-state index >= 15 is 0 Å². The van der Waals surface area contributed by atoms with Gasteiger partial charge >= 0.3 is 0 Å². The highest BCUT2D eigenvalue weighted by molar-refractivity contribution is 7.99. The Bertz CT molecular complexity index is 1470. The van der Waals surface area contributed by atoms with Crippen molar-refractivity contribution in [2.45, 2.75) is 18.6 Å². The molecule has 0 spiro atoms. The lowest BCUT2D eigenvalue weighted by molar-refractivity contribution is -0.113. The highest BCUT2D eigenvalue weighted by Crippen LogP contribution is 2.38. The molecule has 4 aromatic rings. The van der Waals surface area contributed by atoms with Crippen molar-refractivity contribution in [3.63, 3.8) is 0 Å². The largest absolute Gasteiger partial charge is 0.493 e. The van der Waals surface area contributed by atoms with E-state index in [0.717, 1.165) is 5.01 Å². The van der Waals surface area contributed by atoms with Gasteiger partial charge in [-0.15, -0.1) is 20.4 Å². The minimum absolute atomic E-state index is 0.0336. The van der Waals surface area contributed by atoms with Crippen LogP contribution < -0.4 is 24.8 Å². The summed E-state index contributed by atoms with van der Waals surface area (Å²) in [6, 6.07) is 10.2. The van der Waals surface area contributed by atoms with Gasteiger partial charge in [-0.1, -0.05) is 40.8 Å². The number of nitrogens with zero attached hydrogens (tertiary/aromatic N) is 5. The molecule has 0 aliphatic carbocycles. The lowest BCUT2D eigenvalue weighted by Gasteiger charge is -2.14. The van der Waals surface area contributed by atoms with Crippen LogP contribution in [0.5, 0.6) is 17.2 Å². The lowest BCUT2D eigenvalue weighted by Crippen LogP contribution is -2.25. The summed E-state index contributed by atoms with van der Waals surface area (Å²) in [5.74, 6) is 0.902. The molecule has 0 aliphatic heterocycles. The average Bonchev–Trinajstić information content (AvgIpc) is 3.54. The first-order valence-corrected chi connectivity index (χ1v) is 13.5. The van der Waals surface area contributed by atoms with Crippen molar-refractivity contribution >= 4 is 51.6 Å². The quantitative estimate of drug-likeness (QED) is 0.248. The molecule has 0 atom stereocenters. The minimum Gasteiger partial charge on any atom is -0.493 e. The number of anilines is 1. The normalized spacial score (nSPS) is 10.7. The number of aromatic nitrogens is 5. The molecule has 4 rings (SSSR count). The zero-order valence-corrected chi connectivity index (χ0v) is 23.7. The number of rotatable bonds is 11. The molecule has 0 bridgehead atoms. The Morgan fingerprint density at radius 3 is 2.38 bits per heavy atom. The van der Waals surface area contributed by atoms with E-state index in [4.69, 9.17) is 25.8 Å². The van der Waals surface area contributed by atoms with E-state index in [1.54, 1.807) is 41.8 Å².